The predicted molar refractivity (Wildman–Crippen MR) is 109 cm³/mol. The van der Waals surface area contributed by atoms with Gasteiger partial charge in [0.1, 0.15) is 0 Å². The van der Waals surface area contributed by atoms with Crippen LogP contribution < -0.4 is 10.6 Å². The number of nitrogens with one attached hydrogen (secondary N) is 2. The van der Waals surface area contributed by atoms with Gasteiger partial charge in [-0.15, -0.1) is 11.3 Å². The van der Waals surface area contributed by atoms with Gasteiger partial charge in [-0.3, -0.25) is 9.59 Å². The molecule has 0 saturated heterocycles. The Kier molecular flexibility index (Phi) is 5.29. The van der Waals surface area contributed by atoms with Gasteiger partial charge >= 0.3 is 6.18 Å². The van der Waals surface area contributed by atoms with Crippen LogP contribution in [0.25, 0.3) is 0 Å². The summed E-state index contributed by atoms with van der Waals surface area (Å²) in [4.78, 5) is 28.5. The second-order valence-corrected chi connectivity index (χ2v) is 9.88. The normalized spacial score (nSPS) is 14.7. The van der Waals surface area contributed by atoms with Crippen LogP contribution in [0.3, 0.4) is 0 Å². The molecule has 0 aliphatic carbocycles. The molecule has 3 aromatic rings. The van der Waals surface area contributed by atoms with Crippen LogP contribution in [-0.2, 0) is 22.6 Å². The second kappa shape index (κ2) is 7.71. The molecule has 2 amide bonds. The van der Waals surface area contributed by atoms with E-state index >= 15 is 0 Å². The third-order valence-corrected chi connectivity index (χ3v) is 7.74. The largest absolute Gasteiger partial charge is 0.443 e. The van der Waals surface area contributed by atoms with Gasteiger partial charge in [0, 0.05) is 16.6 Å². The maximum Gasteiger partial charge on any atom is 0.443 e. The Morgan fingerprint density at radius 2 is 1.88 bits per heavy atom. The fraction of sp³-hybridized carbons (Fsp3) is 0.150. The first kappa shape index (κ1) is 22.0. The lowest BCUT2D eigenvalue weighted by atomic mass is 10.1. The van der Waals surface area contributed by atoms with Gasteiger partial charge in [-0.1, -0.05) is 12.1 Å². The minimum Gasteiger partial charge on any atom is -0.347 e. The minimum atomic E-state index is -4.57. The first-order chi connectivity index (χ1) is 15.0. The highest BCUT2D eigenvalue weighted by Gasteiger charge is 2.35. The van der Waals surface area contributed by atoms with Crippen molar-refractivity contribution in [2.24, 2.45) is 0 Å². The number of alkyl halides is 3. The number of fused-ring (bicyclic) bond motifs is 2. The van der Waals surface area contributed by atoms with Crippen LogP contribution >= 0.6 is 11.3 Å². The van der Waals surface area contributed by atoms with Crippen molar-refractivity contribution in [2.75, 3.05) is 5.32 Å². The SMILES string of the molecule is Cc1c(C(=O)NCc2cnc(C(F)(F)F)s2)ccc2c1NC(=O)c1ccccc1S2(=O)=O. The zero-order valence-corrected chi connectivity index (χ0v) is 17.9. The summed E-state index contributed by atoms with van der Waals surface area (Å²) in [5.41, 5.74) is 0.256. The number of amides is 2. The molecule has 2 N–H and O–H groups in total. The number of halogens is 3. The van der Waals surface area contributed by atoms with Crippen molar-refractivity contribution < 1.29 is 31.2 Å². The van der Waals surface area contributed by atoms with E-state index in [1.54, 1.807) is 6.07 Å². The number of carbonyl (C=O) groups is 2. The number of sulfone groups is 1. The third-order valence-electron chi connectivity index (χ3n) is 4.84. The maximum absolute atomic E-state index is 13.1. The molecule has 0 spiro atoms. The highest BCUT2D eigenvalue weighted by atomic mass is 32.2. The van der Waals surface area contributed by atoms with Crippen molar-refractivity contribution in [1.82, 2.24) is 10.3 Å². The number of hydrogen-bond donors (Lipinski definition) is 2. The molecule has 1 aliphatic heterocycles. The number of benzene rings is 2. The van der Waals surface area contributed by atoms with Gasteiger partial charge in [0.05, 0.1) is 27.6 Å². The number of thiazole rings is 1. The third kappa shape index (κ3) is 3.75. The number of rotatable bonds is 3. The van der Waals surface area contributed by atoms with Gasteiger partial charge in [0.15, 0.2) is 5.01 Å². The smallest absolute Gasteiger partial charge is 0.347 e. The van der Waals surface area contributed by atoms with Crippen molar-refractivity contribution >= 4 is 38.7 Å². The van der Waals surface area contributed by atoms with Crippen molar-refractivity contribution in [3.63, 3.8) is 0 Å². The monoisotopic (exact) mass is 481 g/mol. The molecule has 4 rings (SSSR count). The summed E-state index contributed by atoms with van der Waals surface area (Å²) in [6.45, 7) is 1.28. The second-order valence-electron chi connectivity index (χ2n) is 6.88. The topological polar surface area (TPSA) is 105 Å². The Morgan fingerprint density at radius 3 is 2.56 bits per heavy atom. The van der Waals surface area contributed by atoms with Crippen LogP contribution in [0.4, 0.5) is 18.9 Å². The number of anilines is 1. The summed E-state index contributed by atoms with van der Waals surface area (Å²) in [6.07, 6.45) is -3.54. The molecule has 1 aliphatic rings. The van der Waals surface area contributed by atoms with Crippen LogP contribution in [0.15, 0.2) is 52.4 Å². The molecule has 0 unspecified atom stereocenters. The van der Waals surface area contributed by atoms with Crippen molar-refractivity contribution in [3.05, 3.63) is 69.2 Å². The summed E-state index contributed by atoms with van der Waals surface area (Å²) in [6, 6.07) is 8.30. The Balaban J connectivity index is 1.65. The molecule has 12 heteroatoms. The van der Waals surface area contributed by atoms with E-state index in [-0.39, 0.29) is 43.6 Å². The van der Waals surface area contributed by atoms with Gasteiger partial charge in [0.25, 0.3) is 11.8 Å². The van der Waals surface area contributed by atoms with E-state index in [1.807, 2.05) is 0 Å². The lowest BCUT2D eigenvalue weighted by Crippen LogP contribution is -2.24. The van der Waals surface area contributed by atoms with Gasteiger partial charge in [-0.25, -0.2) is 13.4 Å². The lowest BCUT2D eigenvalue weighted by Gasteiger charge is -2.14. The van der Waals surface area contributed by atoms with Gasteiger partial charge in [-0.2, -0.15) is 13.2 Å². The Hall–Kier alpha value is -3.25. The van der Waals surface area contributed by atoms with Crippen LogP contribution in [0.2, 0.25) is 0 Å². The Labute approximate surface area is 184 Å². The average Bonchev–Trinajstić information content (AvgIpc) is 3.20. The standard InChI is InChI=1S/C20H14F3N3O4S2/c1-10-12(17(27)24-8-11-9-25-19(31-11)20(21,22)23)6-7-15-16(10)26-18(28)13-4-2-3-5-14(13)32(15,29)30/h2-7,9H,8H2,1H3,(H,24,27)(H,26,28). The summed E-state index contributed by atoms with van der Waals surface area (Å²) < 4.78 is 64.2. The summed E-state index contributed by atoms with van der Waals surface area (Å²) >= 11 is 0.413. The highest BCUT2D eigenvalue weighted by molar-refractivity contribution is 7.91. The van der Waals surface area contributed by atoms with Gasteiger partial charge in [0.2, 0.25) is 9.84 Å². The molecule has 0 atom stereocenters. The molecule has 0 radical (unpaired) electrons. The molecule has 2 aromatic carbocycles. The van der Waals surface area contributed by atoms with Crippen molar-refractivity contribution in [2.45, 2.75) is 29.4 Å². The van der Waals surface area contributed by atoms with Crippen LogP contribution in [0, 0.1) is 6.92 Å². The summed E-state index contributed by atoms with van der Waals surface area (Å²) in [5.74, 6) is -1.27. The molecule has 0 saturated carbocycles. The zero-order valence-electron chi connectivity index (χ0n) is 16.3. The first-order valence-corrected chi connectivity index (χ1v) is 11.4. The van der Waals surface area contributed by atoms with E-state index in [0.29, 0.717) is 11.3 Å². The predicted octanol–water partition coefficient (Wildman–Crippen LogP) is 3.80. The van der Waals surface area contributed by atoms with E-state index in [4.69, 9.17) is 0 Å². The summed E-state index contributed by atoms with van der Waals surface area (Å²) in [5, 5.41) is 4.04. The van der Waals surface area contributed by atoms with E-state index in [0.717, 1.165) is 6.20 Å². The fourth-order valence-corrected chi connectivity index (χ4v) is 5.67. The molecule has 2 heterocycles. The lowest BCUT2D eigenvalue weighted by molar-refractivity contribution is -0.137. The molecule has 0 fully saturated rings. The van der Waals surface area contributed by atoms with E-state index in [1.165, 1.54) is 37.3 Å². The van der Waals surface area contributed by atoms with E-state index < -0.39 is 32.8 Å². The van der Waals surface area contributed by atoms with Crippen LogP contribution in [-0.4, -0.2) is 25.2 Å². The van der Waals surface area contributed by atoms with Crippen LogP contribution in [0.1, 0.15) is 36.2 Å². The molecule has 1 aromatic heterocycles. The Bertz CT molecular complexity index is 1360. The number of aromatic nitrogens is 1. The summed E-state index contributed by atoms with van der Waals surface area (Å²) in [7, 11) is -4.03. The zero-order chi connectivity index (χ0) is 23.3. The number of nitrogens with zero attached hydrogens (tertiary/aromatic N) is 1. The van der Waals surface area contributed by atoms with Crippen molar-refractivity contribution in [3.8, 4) is 0 Å². The van der Waals surface area contributed by atoms with E-state index in [9.17, 15) is 31.2 Å². The number of carbonyl (C=O) groups excluding carboxylic acids is 2. The average molecular weight is 481 g/mol. The van der Waals surface area contributed by atoms with Gasteiger partial charge in [-0.05, 0) is 36.8 Å². The molecule has 32 heavy (non-hydrogen) atoms. The highest BCUT2D eigenvalue weighted by Crippen LogP contribution is 2.37. The fourth-order valence-electron chi connectivity index (χ4n) is 3.28. The van der Waals surface area contributed by atoms with Crippen molar-refractivity contribution in [1.29, 1.82) is 0 Å². The molecule has 0 bridgehead atoms. The maximum atomic E-state index is 13.1. The molecule has 7 nitrogen and oxygen atoms in total. The first-order valence-electron chi connectivity index (χ1n) is 9.09. The number of hydrogen-bond acceptors (Lipinski definition) is 6. The molecule has 166 valence electrons. The van der Waals surface area contributed by atoms with Crippen LogP contribution in [0.5, 0.6) is 0 Å². The Morgan fingerprint density at radius 1 is 1.16 bits per heavy atom. The molecular weight excluding hydrogens is 467 g/mol. The quantitative estimate of drug-likeness (QED) is 0.592. The van der Waals surface area contributed by atoms with E-state index in [2.05, 4.69) is 15.6 Å². The minimum absolute atomic E-state index is 0.0141. The molecular formula is C20H14F3N3O4S2. The van der Waals surface area contributed by atoms with Gasteiger partial charge < -0.3 is 10.6 Å².